The smallest absolute Gasteiger partial charge is 0.327 e. The van der Waals surface area contributed by atoms with Gasteiger partial charge in [-0.3, -0.25) is 0 Å². The molecule has 0 spiro atoms. The minimum atomic E-state index is -3.07. The fourth-order valence-corrected chi connectivity index (χ4v) is 8.20. The van der Waals surface area contributed by atoms with Gasteiger partial charge in [-0.2, -0.15) is 0 Å². The molecule has 0 unspecified atom stereocenters. The molecule has 0 saturated carbocycles. The van der Waals surface area contributed by atoms with Crippen molar-refractivity contribution < 1.29 is 14.1 Å². The highest BCUT2D eigenvalue weighted by Crippen LogP contribution is 2.74. The Morgan fingerprint density at radius 1 is 0.833 bits per heavy atom. The summed E-state index contributed by atoms with van der Waals surface area (Å²) < 4.78 is 19.8. The number of ether oxygens (including phenoxy) is 1. The zero-order chi connectivity index (χ0) is 21.0. The Morgan fingerprint density at radius 2 is 1.27 bits per heavy atom. The average Bonchev–Trinajstić information content (AvgIpc) is 3.15. The van der Waals surface area contributed by atoms with Crippen molar-refractivity contribution in [3.8, 4) is 0 Å². The molecular formula is C25H26NO3P. The number of rotatable bonds is 6. The Kier molecular flexibility index (Phi) is 6.17. The summed E-state index contributed by atoms with van der Waals surface area (Å²) in [4.78, 5) is 12.7. The van der Waals surface area contributed by atoms with Crippen molar-refractivity contribution in [2.75, 3.05) is 7.11 Å². The molecule has 1 aliphatic heterocycles. The fraction of sp³-hybridized carbons (Fsp3) is 0.240. The summed E-state index contributed by atoms with van der Waals surface area (Å²) in [5.74, 6) is -0.429. The Morgan fingerprint density at radius 3 is 1.70 bits per heavy atom. The molecule has 0 radical (unpaired) electrons. The van der Waals surface area contributed by atoms with Gasteiger partial charge in [0.1, 0.15) is 6.04 Å². The van der Waals surface area contributed by atoms with Crippen LogP contribution in [-0.2, 0) is 14.1 Å². The van der Waals surface area contributed by atoms with Crippen LogP contribution in [0.5, 0.6) is 0 Å². The fourth-order valence-electron chi connectivity index (χ4n) is 4.45. The van der Waals surface area contributed by atoms with E-state index in [1.165, 1.54) is 7.11 Å². The summed E-state index contributed by atoms with van der Waals surface area (Å²) in [7, 11) is -1.70. The van der Waals surface area contributed by atoms with E-state index in [1.807, 2.05) is 91.0 Å². The average molecular weight is 419 g/mol. The number of methoxy groups -OCH3 is 1. The van der Waals surface area contributed by atoms with Gasteiger partial charge in [0.05, 0.1) is 18.4 Å². The van der Waals surface area contributed by atoms with Crippen LogP contribution in [0.4, 0.5) is 0 Å². The lowest BCUT2D eigenvalue weighted by molar-refractivity contribution is -0.142. The van der Waals surface area contributed by atoms with Gasteiger partial charge in [0, 0.05) is 0 Å². The maximum absolute atomic E-state index is 14.8. The first kappa shape index (κ1) is 20.6. The van der Waals surface area contributed by atoms with Crippen LogP contribution in [0.15, 0.2) is 91.0 Å². The standard InChI is InChI=1S/C25H26NO3P/c1-29-25(27)24(21-15-9-4-10-16-21)26-30(28)22(19-11-5-2-6-12-19)17-18-23(30)20-13-7-3-8-14-20/h2-16,22-24H,17-18H2,1H3,(H,26,28)/t22-,23-,24-/m0/s1. The van der Waals surface area contributed by atoms with Crippen molar-refractivity contribution in [2.45, 2.75) is 30.2 Å². The van der Waals surface area contributed by atoms with E-state index < -0.39 is 19.3 Å². The highest BCUT2D eigenvalue weighted by molar-refractivity contribution is 7.63. The van der Waals surface area contributed by atoms with Crippen LogP contribution in [0.2, 0.25) is 0 Å². The normalized spacial score (nSPS) is 21.1. The molecule has 30 heavy (non-hydrogen) atoms. The molecule has 0 bridgehead atoms. The number of nitrogens with one attached hydrogen (secondary N) is 1. The molecule has 1 heterocycles. The number of hydrogen-bond donors (Lipinski definition) is 1. The van der Waals surface area contributed by atoms with E-state index in [0.29, 0.717) is 0 Å². The Hall–Kier alpha value is -2.68. The van der Waals surface area contributed by atoms with Crippen LogP contribution in [0.1, 0.15) is 46.9 Å². The van der Waals surface area contributed by atoms with Gasteiger partial charge >= 0.3 is 5.97 Å². The van der Waals surface area contributed by atoms with E-state index in [0.717, 1.165) is 29.5 Å². The molecule has 1 aliphatic rings. The minimum Gasteiger partial charge on any atom is -0.468 e. The summed E-state index contributed by atoms with van der Waals surface area (Å²) in [6.45, 7) is 0. The molecule has 1 N–H and O–H groups in total. The monoisotopic (exact) mass is 419 g/mol. The molecule has 0 aliphatic carbocycles. The highest BCUT2D eigenvalue weighted by Gasteiger charge is 2.49. The van der Waals surface area contributed by atoms with Crippen molar-refractivity contribution in [2.24, 2.45) is 0 Å². The lowest BCUT2D eigenvalue weighted by atomic mass is 10.0. The van der Waals surface area contributed by atoms with E-state index in [-0.39, 0.29) is 11.3 Å². The van der Waals surface area contributed by atoms with Gasteiger partial charge in [-0.15, -0.1) is 0 Å². The Labute approximate surface area is 177 Å². The van der Waals surface area contributed by atoms with Crippen LogP contribution in [0.25, 0.3) is 0 Å². The van der Waals surface area contributed by atoms with Crippen molar-refractivity contribution in [1.82, 2.24) is 5.09 Å². The highest BCUT2D eigenvalue weighted by atomic mass is 31.2. The zero-order valence-corrected chi connectivity index (χ0v) is 17.9. The number of benzene rings is 3. The molecule has 4 rings (SSSR count). The van der Waals surface area contributed by atoms with E-state index in [9.17, 15) is 9.36 Å². The van der Waals surface area contributed by atoms with E-state index in [2.05, 4.69) is 5.09 Å². The molecule has 5 heteroatoms. The summed E-state index contributed by atoms with van der Waals surface area (Å²) in [6.07, 6.45) is 1.60. The first-order valence-electron chi connectivity index (χ1n) is 10.2. The number of esters is 1. The van der Waals surface area contributed by atoms with Crippen LogP contribution < -0.4 is 5.09 Å². The maximum atomic E-state index is 14.8. The Balaban J connectivity index is 1.78. The largest absolute Gasteiger partial charge is 0.468 e. The first-order chi connectivity index (χ1) is 14.6. The van der Waals surface area contributed by atoms with Crippen molar-refractivity contribution >= 4 is 13.3 Å². The van der Waals surface area contributed by atoms with Crippen LogP contribution in [0, 0.1) is 0 Å². The molecule has 3 aromatic rings. The quantitative estimate of drug-likeness (QED) is 0.391. The van der Waals surface area contributed by atoms with E-state index >= 15 is 0 Å². The molecule has 1 saturated heterocycles. The molecule has 4 nitrogen and oxygen atoms in total. The summed E-state index contributed by atoms with van der Waals surface area (Å²) in [6, 6.07) is 28.6. The predicted octanol–water partition coefficient (Wildman–Crippen LogP) is 6.04. The van der Waals surface area contributed by atoms with Crippen LogP contribution in [-0.4, -0.2) is 13.1 Å². The van der Waals surface area contributed by atoms with Crippen LogP contribution in [0.3, 0.4) is 0 Å². The summed E-state index contributed by atoms with van der Waals surface area (Å²) in [5, 5.41) is 3.34. The first-order valence-corrected chi connectivity index (χ1v) is 12.1. The second kappa shape index (κ2) is 8.99. The van der Waals surface area contributed by atoms with Gasteiger partial charge in [-0.25, -0.2) is 9.88 Å². The van der Waals surface area contributed by atoms with Gasteiger partial charge in [0.25, 0.3) is 0 Å². The van der Waals surface area contributed by atoms with Gasteiger partial charge in [0.15, 0.2) is 7.29 Å². The third kappa shape index (κ3) is 3.98. The maximum Gasteiger partial charge on any atom is 0.327 e. The van der Waals surface area contributed by atoms with Gasteiger partial charge in [-0.05, 0) is 29.5 Å². The zero-order valence-electron chi connectivity index (χ0n) is 17.0. The second-order valence-electron chi connectivity index (χ2n) is 7.64. The summed E-state index contributed by atoms with van der Waals surface area (Å²) >= 11 is 0. The minimum absolute atomic E-state index is 0.153. The number of carbonyl (C=O) groups is 1. The number of hydrogen-bond acceptors (Lipinski definition) is 3. The van der Waals surface area contributed by atoms with E-state index in [1.54, 1.807) is 0 Å². The van der Waals surface area contributed by atoms with Crippen LogP contribution >= 0.6 is 7.29 Å². The molecule has 1 fully saturated rings. The predicted molar refractivity (Wildman–Crippen MR) is 120 cm³/mol. The van der Waals surface area contributed by atoms with Gasteiger partial charge in [-0.1, -0.05) is 91.0 Å². The molecule has 0 amide bonds. The molecule has 154 valence electrons. The molecule has 3 atom stereocenters. The second-order valence-corrected chi connectivity index (χ2v) is 10.6. The topological polar surface area (TPSA) is 55.4 Å². The SMILES string of the molecule is COC(=O)[C@@H](NP1(=O)[C@H](c2ccccc2)CC[C@H]1c1ccccc1)c1ccccc1. The van der Waals surface area contributed by atoms with Gasteiger partial charge in [0.2, 0.25) is 0 Å². The lowest BCUT2D eigenvalue weighted by Gasteiger charge is -2.31. The van der Waals surface area contributed by atoms with Gasteiger partial charge < -0.3 is 9.30 Å². The molecule has 3 aromatic carbocycles. The van der Waals surface area contributed by atoms with Crippen molar-refractivity contribution in [3.63, 3.8) is 0 Å². The third-order valence-electron chi connectivity index (χ3n) is 5.91. The lowest BCUT2D eigenvalue weighted by Crippen LogP contribution is -2.29. The number of carbonyl (C=O) groups excluding carboxylic acids is 1. The molecule has 0 aromatic heterocycles. The third-order valence-corrected chi connectivity index (χ3v) is 9.54. The Bertz CT molecular complexity index is 973. The van der Waals surface area contributed by atoms with E-state index in [4.69, 9.17) is 4.74 Å². The molecular weight excluding hydrogens is 393 g/mol. The van der Waals surface area contributed by atoms with Crippen molar-refractivity contribution in [3.05, 3.63) is 108 Å². The van der Waals surface area contributed by atoms with Crippen molar-refractivity contribution in [1.29, 1.82) is 0 Å². The summed E-state index contributed by atoms with van der Waals surface area (Å²) in [5.41, 5.74) is 2.54.